The van der Waals surface area contributed by atoms with Gasteiger partial charge in [0.2, 0.25) is 0 Å². The van der Waals surface area contributed by atoms with Crippen LogP contribution in [0.4, 0.5) is 4.79 Å². The molecule has 0 atom stereocenters. The molecule has 1 spiro atoms. The molecule has 1 aromatic heterocycles. The van der Waals surface area contributed by atoms with E-state index in [2.05, 4.69) is 16.8 Å². The molecule has 2 aliphatic heterocycles. The van der Waals surface area contributed by atoms with E-state index in [9.17, 15) is 19.2 Å². The second-order valence-electron chi connectivity index (χ2n) is 10.9. The molecule has 10 heteroatoms. The molecule has 6 rings (SSSR count). The van der Waals surface area contributed by atoms with E-state index in [4.69, 9.17) is 15.2 Å². The molecule has 10 nitrogen and oxygen atoms in total. The first-order valence-electron chi connectivity index (χ1n) is 13.7. The Kier molecular flexibility index (Phi) is 6.28. The third-order valence-electron chi connectivity index (χ3n) is 8.22. The topological polar surface area (TPSA) is 124 Å². The fourth-order valence-corrected chi connectivity index (χ4v) is 5.80. The van der Waals surface area contributed by atoms with Crippen LogP contribution in [0.5, 0.6) is 11.5 Å². The normalized spacial score (nSPS) is 17.9. The summed E-state index contributed by atoms with van der Waals surface area (Å²) in [5.41, 5.74) is 6.60. The number of amides is 4. The van der Waals surface area contributed by atoms with Crippen LogP contribution in [0.3, 0.4) is 0 Å². The molecule has 1 aliphatic carbocycles. The molecular formula is C30H32N4O6. The van der Waals surface area contributed by atoms with Crippen LogP contribution in [0.2, 0.25) is 0 Å². The standard InChI is InChI=1S/C30H32N4O6/c1-3-39-26-16-19(15-23-21(26)8-11-34(23)20-5-6-20)28(37)33-12-9-30(10-13-33)17-24(35)22-14-18(4-7-25(22)40-30)27(36)32(2)29(31)38/h4,7-8,11,14-16,20H,3,5-6,9-10,12-13,17H2,1-2H3,(H2,31,38). The smallest absolute Gasteiger partial charge is 0.321 e. The number of imide groups is 1. The lowest BCUT2D eigenvalue weighted by Gasteiger charge is -2.44. The summed E-state index contributed by atoms with van der Waals surface area (Å²) < 4.78 is 14.5. The predicted molar refractivity (Wildman–Crippen MR) is 147 cm³/mol. The molecule has 0 radical (unpaired) electrons. The van der Waals surface area contributed by atoms with Gasteiger partial charge >= 0.3 is 6.03 Å². The molecule has 3 aliphatic rings. The molecule has 2 fully saturated rings. The lowest BCUT2D eigenvalue weighted by molar-refractivity contribution is -0.00572. The molecule has 4 amide bonds. The average Bonchev–Trinajstić information content (AvgIpc) is 3.70. The zero-order valence-corrected chi connectivity index (χ0v) is 22.6. The van der Waals surface area contributed by atoms with Crippen molar-refractivity contribution in [2.75, 3.05) is 26.7 Å². The van der Waals surface area contributed by atoms with Crippen LogP contribution in [0, 0.1) is 0 Å². The number of carbonyl (C=O) groups excluding carboxylic acids is 4. The molecular weight excluding hydrogens is 512 g/mol. The fourth-order valence-electron chi connectivity index (χ4n) is 5.80. The third-order valence-corrected chi connectivity index (χ3v) is 8.22. The SMILES string of the molecule is CCOc1cc(C(=O)N2CCC3(CC2)CC(=O)c2cc(C(=O)N(C)C(N)=O)ccc2O3)cc2c1ccn2C1CC1. The van der Waals surface area contributed by atoms with Gasteiger partial charge in [0.25, 0.3) is 11.8 Å². The van der Waals surface area contributed by atoms with Gasteiger partial charge in [-0.25, -0.2) is 4.79 Å². The monoisotopic (exact) mass is 544 g/mol. The largest absolute Gasteiger partial charge is 0.493 e. The van der Waals surface area contributed by atoms with Gasteiger partial charge in [-0.05, 0) is 56.2 Å². The minimum atomic E-state index is -0.878. The number of nitrogens with two attached hydrogens (primary N) is 1. The van der Waals surface area contributed by atoms with Gasteiger partial charge in [-0.2, -0.15) is 0 Å². The van der Waals surface area contributed by atoms with Crippen molar-refractivity contribution in [3.8, 4) is 11.5 Å². The zero-order chi connectivity index (χ0) is 28.2. The molecule has 40 heavy (non-hydrogen) atoms. The summed E-state index contributed by atoms with van der Waals surface area (Å²) in [5.74, 6) is 0.330. The van der Waals surface area contributed by atoms with Crippen LogP contribution in [0.25, 0.3) is 10.9 Å². The highest BCUT2D eigenvalue weighted by molar-refractivity contribution is 6.07. The Morgan fingerprint density at radius 2 is 1.85 bits per heavy atom. The number of fused-ring (bicyclic) bond motifs is 2. The third kappa shape index (κ3) is 4.47. The molecule has 1 saturated carbocycles. The number of ketones is 1. The van der Waals surface area contributed by atoms with Crippen molar-refractivity contribution < 1.29 is 28.7 Å². The van der Waals surface area contributed by atoms with Crippen LogP contribution in [-0.2, 0) is 0 Å². The van der Waals surface area contributed by atoms with Crippen LogP contribution >= 0.6 is 0 Å². The number of ether oxygens (including phenoxy) is 2. The first-order valence-corrected chi connectivity index (χ1v) is 13.7. The lowest BCUT2D eigenvalue weighted by Crippen LogP contribution is -2.52. The van der Waals surface area contributed by atoms with Crippen LogP contribution in [-0.4, -0.2) is 70.3 Å². The van der Waals surface area contributed by atoms with Crippen molar-refractivity contribution in [1.82, 2.24) is 14.4 Å². The first-order chi connectivity index (χ1) is 19.2. The number of nitrogens with zero attached hydrogens (tertiary/aromatic N) is 3. The van der Waals surface area contributed by atoms with Gasteiger partial charge in [0.1, 0.15) is 17.1 Å². The number of benzene rings is 2. The average molecular weight is 545 g/mol. The molecule has 0 unspecified atom stereocenters. The number of piperidine rings is 1. The highest BCUT2D eigenvalue weighted by Gasteiger charge is 2.44. The van der Waals surface area contributed by atoms with E-state index in [1.807, 2.05) is 24.0 Å². The highest BCUT2D eigenvalue weighted by atomic mass is 16.5. The zero-order valence-electron chi connectivity index (χ0n) is 22.6. The first kappa shape index (κ1) is 25.9. The van der Waals surface area contributed by atoms with E-state index in [1.165, 1.54) is 19.2 Å². The number of hydrogen-bond donors (Lipinski definition) is 1. The quantitative estimate of drug-likeness (QED) is 0.514. The molecule has 2 N–H and O–H groups in total. The van der Waals surface area contributed by atoms with Gasteiger partial charge in [-0.1, -0.05) is 0 Å². The molecule has 1 saturated heterocycles. The van der Waals surface area contributed by atoms with Crippen molar-refractivity contribution >= 4 is 34.5 Å². The Hall–Kier alpha value is -4.34. The summed E-state index contributed by atoms with van der Waals surface area (Å²) in [6.07, 6.45) is 5.53. The summed E-state index contributed by atoms with van der Waals surface area (Å²) in [4.78, 5) is 53.3. The maximum absolute atomic E-state index is 13.6. The van der Waals surface area contributed by atoms with E-state index in [-0.39, 0.29) is 23.7 Å². The van der Waals surface area contributed by atoms with Crippen molar-refractivity contribution in [2.45, 2.75) is 50.7 Å². The van der Waals surface area contributed by atoms with Gasteiger partial charge in [0.15, 0.2) is 5.78 Å². The van der Waals surface area contributed by atoms with Crippen LogP contribution in [0.1, 0.15) is 76.1 Å². The summed E-state index contributed by atoms with van der Waals surface area (Å²) in [6.45, 7) is 3.35. The summed E-state index contributed by atoms with van der Waals surface area (Å²) in [6, 6.07) is 10.0. The second-order valence-corrected chi connectivity index (χ2v) is 10.9. The Balaban J connectivity index is 1.19. The summed E-state index contributed by atoms with van der Waals surface area (Å²) in [7, 11) is 1.28. The van der Waals surface area contributed by atoms with Crippen LogP contribution in [0.15, 0.2) is 42.6 Å². The fraction of sp³-hybridized carbons (Fsp3) is 0.400. The van der Waals surface area contributed by atoms with E-state index in [1.54, 1.807) is 6.07 Å². The minimum absolute atomic E-state index is 0.0643. The van der Waals surface area contributed by atoms with Gasteiger partial charge in [0.05, 0.1) is 24.1 Å². The van der Waals surface area contributed by atoms with E-state index in [0.717, 1.165) is 28.6 Å². The Morgan fingerprint density at radius 1 is 1.10 bits per heavy atom. The highest BCUT2D eigenvalue weighted by Crippen LogP contribution is 2.42. The number of carbonyl (C=O) groups is 4. The lowest BCUT2D eigenvalue weighted by atomic mass is 9.82. The summed E-state index contributed by atoms with van der Waals surface area (Å²) in [5, 5.41) is 1.02. The Labute approximate surface area is 231 Å². The van der Waals surface area contributed by atoms with Gasteiger partial charge < -0.3 is 24.7 Å². The molecule has 208 valence electrons. The number of rotatable bonds is 5. The number of likely N-dealkylation sites (tertiary alicyclic amines) is 1. The Morgan fingerprint density at radius 3 is 2.52 bits per heavy atom. The van der Waals surface area contributed by atoms with Gasteiger partial charge in [0, 0.05) is 61.7 Å². The number of urea groups is 1. The number of aromatic nitrogens is 1. The van der Waals surface area contributed by atoms with Crippen molar-refractivity contribution in [1.29, 1.82) is 0 Å². The van der Waals surface area contributed by atoms with Crippen LogP contribution < -0.4 is 15.2 Å². The van der Waals surface area contributed by atoms with Gasteiger partial charge in [-0.15, -0.1) is 0 Å². The van der Waals surface area contributed by atoms with E-state index in [0.29, 0.717) is 61.2 Å². The van der Waals surface area contributed by atoms with Gasteiger partial charge in [-0.3, -0.25) is 19.3 Å². The number of hydrogen-bond acceptors (Lipinski definition) is 6. The van der Waals surface area contributed by atoms with E-state index >= 15 is 0 Å². The van der Waals surface area contributed by atoms with Crippen molar-refractivity contribution in [3.05, 3.63) is 59.3 Å². The van der Waals surface area contributed by atoms with Crippen molar-refractivity contribution in [3.63, 3.8) is 0 Å². The molecule has 0 bridgehead atoms. The Bertz CT molecular complexity index is 1550. The van der Waals surface area contributed by atoms with Crippen molar-refractivity contribution in [2.24, 2.45) is 5.73 Å². The minimum Gasteiger partial charge on any atom is -0.493 e. The molecule has 3 heterocycles. The molecule has 3 aromatic rings. The number of Topliss-reactive ketones (excluding diaryl/α,β-unsaturated/α-hetero) is 1. The van der Waals surface area contributed by atoms with E-state index < -0.39 is 17.5 Å². The molecule has 2 aromatic carbocycles. The maximum atomic E-state index is 13.6. The maximum Gasteiger partial charge on any atom is 0.321 e. The predicted octanol–water partition coefficient (Wildman–Crippen LogP) is 4.17. The number of primary amides is 1. The summed E-state index contributed by atoms with van der Waals surface area (Å²) >= 11 is 0. The second kappa shape index (κ2) is 9.69.